The molecule has 4 rings (SSSR count). The topological polar surface area (TPSA) is 47.3 Å². The standard InChI is InChI=1S/C23H23N3OS/c1-3-17-8-10-18(11-9-17)19-12-22(27)26-14-25(15-28-23(26)20(19)13-24)21-7-5-4-6-16(21)2/h4-11,19H,3,12,14-15H2,1-2H3/t19-/m1/s1. The van der Waals surface area contributed by atoms with Crippen LogP contribution in [0.4, 0.5) is 5.69 Å². The van der Waals surface area contributed by atoms with Crippen LogP contribution >= 0.6 is 11.8 Å². The van der Waals surface area contributed by atoms with Gasteiger partial charge in [-0.3, -0.25) is 9.69 Å². The van der Waals surface area contributed by atoms with Crippen molar-refractivity contribution in [3.63, 3.8) is 0 Å². The van der Waals surface area contributed by atoms with Crippen molar-refractivity contribution in [1.29, 1.82) is 5.26 Å². The Kier molecular flexibility index (Phi) is 5.15. The molecular formula is C23H23N3OS. The largest absolute Gasteiger partial charge is 0.343 e. The number of benzene rings is 2. The first-order chi connectivity index (χ1) is 13.6. The van der Waals surface area contributed by atoms with Gasteiger partial charge in [0.2, 0.25) is 5.91 Å². The molecule has 0 unspecified atom stereocenters. The smallest absolute Gasteiger partial charge is 0.229 e. The van der Waals surface area contributed by atoms with Crippen molar-refractivity contribution in [1.82, 2.24) is 4.90 Å². The van der Waals surface area contributed by atoms with E-state index >= 15 is 0 Å². The van der Waals surface area contributed by atoms with Crippen LogP contribution in [-0.4, -0.2) is 23.4 Å². The summed E-state index contributed by atoms with van der Waals surface area (Å²) in [4.78, 5) is 17.0. The molecule has 0 spiro atoms. The zero-order valence-electron chi connectivity index (χ0n) is 16.2. The minimum absolute atomic E-state index is 0.0874. The fraction of sp³-hybridized carbons (Fsp3) is 0.304. The summed E-state index contributed by atoms with van der Waals surface area (Å²) in [6, 6.07) is 19.0. The molecule has 1 fully saturated rings. The maximum Gasteiger partial charge on any atom is 0.229 e. The van der Waals surface area contributed by atoms with Gasteiger partial charge in [0.05, 0.1) is 29.2 Å². The number of fused-ring (bicyclic) bond motifs is 1. The second kappa shape index (κ2) is 7.73. The number of aryl methyl sites for hydroxylation is 2. The lowest BCUT2D eigenvalue weighted by Crippen LogP contribution is -2.47. The van der Waals surface area contributed by atoms with Crippen LogP contribution in [-0.2, 0) is 11.2 Å². The van der Waals surface area contributed by atoms with Crippen LogP contribution in [0.1, 0.15) is 36.0 Å². The molecule has 0 aromatic heterocycles. The highest BCUT2D eigenvalue weighted by Gasteiger charge is 2.38. The van der Waals surface area contributed by atoms with Gasteiger partial charge in [-0.25, -0.2) is 0 Å². The minimum Gasteiger partial charge on any atom is -0.343 e. The molecule has 28 heavy (non-hydrogen) atoms. The summed E-state index contributed by atoms with van der Waals surface area (Å²) in [5.41, 5.74) is 5.36. The molecule has 4 nitrogen and oxygen atoms in total. The van der Waals surface area contributed by atoms with Crippen LogP contribution in [0.25, 0.3) is 0 Å². The number of carbonyl (C=O) groups is 1. The summed E-state index contributed by atoms with van der Waals surface area (Å²) >= 11 is 1.59. The molecule has 0 radical (unpaired) electrons. The van der Waals surface area contributed by atoms with Crippen LogP contribution in [0.2, 0.25) is 0 Å². The van der Waals surface area contributed by atoms with Gasteiger partial charge < -0.3 is 4.90 Å². The van der Waals surface area contributed by atoms with Crippen LogP contribution < -0.4 is 4.90 Å². The van der Waals surface area contributed by atoms with Gasteiger partial charge >= 0.3 is 0 Å². The molecular weight excluding hydrogens is 366 g/mol. The maximum absolute atomic E-state index is 13.0. The average Bonchev–Trinajstić information content (AvgIpc) is 2.74. The lowest BCUT2D eigenvalue weighted by Gasteiger charge is -2.42. The van der Waals surface area contributed by atoms with Crippen molar-refractivity contribution < 1.29 is 4.79 Å². The number of anilines is 1. The number of hydrogen-bond acceptors (Lipinski definition) is 4. The number of nitrogens with zero attached hydrogens (tertiary/aromatic N) is 3. The molecule has 0 N–H and O–H groups in total. The van der Waals surface area contributed by atoms with Gasteiger partial charge in [-0.1, -0.05) is 61.2 Å². The highest BCUT2D eigenvalue weighted by Crippen LogP contribution is 2.43. The van der Waals surface area contributed by atoms with Gasteiger partial charge in [-0.05, 0) is 36.1 Å². The Morgan fingerprint density at radius 2 is 1.93 bits per heavy atom. The number of rotatable bonds is 3. The lowest BCUT2D eigenvalue weighted by molar-refractivity contribution is -0.129. The van der Waals surface area contributed by atoms with E-state index in [4.69, 9.17) is 0 Å². The van der Waals surface area contributed by atoms with E-state index in [-0.39, 0.29) is 11.8 Å². The predicted octanol–water partition coefficient (Wildman–Crippen LogP) is 4.78. The zero-order valence-corrected chi connectivity index (χ0v) is 17.0. The lowest BCUT2D eigenvalue weighted by atomic mass is 9.86. The summed E-state index contributed by atoms with van der Waals surface area (Å²) < 4.78 is 0. The summed E-state index contributed by atoms with van der Waals surface area (Å²) in [5.74, 6) is 0.674. The second-order valence-corrected chi connectivity index (χ2v) is 8.18. The van der Waals surface area contributed by atoms with Crippen LogP contribution in [0.5, 0.6) is 0 Å². The number of thioether (sulfide) groups is 1. The molecule has 0 aliphatic carbocycles. The highest BCUT2D eigenvalue weighted by molar-refractivity contribution is 8.03. The molecule has 2 aromatic carbocycles. The minimum atomic E-state index is -0.146. The Morgan fingerprint density at radius 3 is 2.61 bits per heavy atom. The quantitative estimate of drug-likeness (QED) is 0.758. The highest BCUT2D eigenvalue weighted by atomic mass is 32.2. The SMILES string of the molecule is CCc1ccc([C@H]2CC(=O)N3CN(c4ccccc4C)CSC3=C2C#N)cc1. The predicted molar refractivity (Wildman–Crippen MR) is 114 cm³/mol. The Hall–Kier alpha value is -2.71. The van der Waals surface area contributed by atoms with E-state index in [1.54, 1.807) is 16.7 Å². The van der Waals surface area contributed by atoms with Crippen LogP contribution in [0.15, 0.2) is 59.1 Å². The van der Waals surface area contributed by atoms with Crippen molar-refractivity contribution in [2.24, 2.45) is 0 Å². The van der Waals surface area contributed by atoms with Gasteiger partial charge in [-0.15, -0.1) is 0 Å². The van der Waals surface area contributed by atoms with Crippen molar-refractivity contribution in [3.05, 3.63) is 75.8 Å². The van der Waals surface area contributed by atoms with E-state index in [9.17, 15) is 10.1 Å². The molecule has 1 atom stereocenters. The van der Waals surface area contributed by atoms with E-state index in [0.717, 1.165) is 34.2 Å². The fourth-order valence-electron chi connectivity index (χ4n) is 3.90. The van der Waals surface area contributed by atoms with Gasteiger partial charge in [-0.2, -0.15) is 5.26 Å². The van der Waals surface area contributed by atoms with Gasteiger partial charge in [0, 0.05) is 18.0 Å². The summed E-state index contributed by atoms with van der Waals surface area (Å²) in [6.45, 7) is 4.71. The zero-order chi connectivity index (χ0) is 19.7. The first-order valence-electron chi connectivity index (χ1n) is 9.59. The molecule has 0 bridgehead atoms. The number of allylic oxidation sites excluding steroid dienone is 1. The maximum atomic E-state index is 13.0. The van der Waals surface area contributed by atoms with Crippen molar-refractivity contribution in [2.75, 3.05) is 17.4 Å². The van der Waals surface area contributed by atoms with Crippen LogP contribution in [0.3, 0.4) is 0 Å². The molecule has 2 aliphatic heterocycles. The van der Waals surface area contributed by atoms with E-state index in [2.05, 4.69) is 61.2 Å². The molecule has 2 heterocycles. The van der Waals surface area contributed by atoms with E-state index in [1.165, 1.54) is 11.1 Å². The molecule has 142 valence electrons. The first kappa shape index (κ1) is 18.6. The van der Waals surface area contributed by atoms with Crippen molar-refractivity contribution in [3.8, 4) is 6.07 Å². The number of para-hydroxylation sites is 1. The molecule has 0 saturated carbocycles. The first-order valence-corrected chi connectivity index (χ1v) is 10.6. The third kappa shape index (κ3) is 3.29. The van der Waals surface area contributed by atoms with E-state index in [1.807, 2.05) is 12.1 Å². The number of nitriles is 1. The van der Waals surface area contributed by atoms with Crippen molar-refractivity contribution in [2.45, 2.75) is 32.6 Å². The molecule has 2 aliphatic rings. The van der Waals surface area contributed by atoms with Gasteiger partial charge in [0.25, 0.3) is 0 Å². The van der Waals surface area contributed by atoms with E-state index < -0.39 is 0 Å². The molecule has 1 amide bonds. The third-order valence-corrected chi connectivity index (χ3v) is 6.69. The fourth-order valence-corrected chi connectivity index (χ4v) is 5.06. The number of hydrogen-bond donors (Lipinski definition) is 0. The van der Waals surface area contributed by atoms with Crippen molar-refractivity contribution >= 4 is 23.4 Å². The normalized spacial score (nSPS) is 19.5. The number of amides is 1. The van der Waals surface area contributed by atoms with Crippen LogP contribution in [0, 0.1) is 18.3 Å². The summed E-state index contributed by atoms with van der Waals surface area (Å²) in [5, 5.41) is 10.7. The monoisotopic (exact) mass is 389 g/mol. The summed E-state index contributed by atoms with van der Waals surface area (Å²) in [6.07, 6.45) is 1.33. The second-order valence-electron chi connectivity index (χ2n) is 7.25. The average molecular weight is 390 g/mol. The molecule has 2 aromatic rings. The van der Waals surface area contributed by atoms with E-state index in [0.29, 0.717) is 13.1 Å². The molecule has 5 heteroatoms. The Bertz CT molecular complexity index is 974. The van der Waals surface area contributed by atoms with Gasteiger partial charge in [0.15, 0.2) is 0 Å². The third-order valence-electron chi connectivity index (χ3n) is 5.54. The van der Waals surface area contributed by atoms with Gasteiger partial charge in [0.1, 0.15) is 0 Å². The Balaban J connectivity index is 1.66. The molecule has 1 saturated heterocycles. The Labute approximate surface area is 170 Å². The Morgan fingerprint density at radius 1 is 1.18 bits per heavy atom. The number of carbonyl (C=O) groups excluding carboxylic acids is 1. The summed E-state index contributed by atoms with van der Waals surface area (Å²) in [7, 11) is 0.